The molecule has 3 amide bonds. The van der Waals surface area contributed by atoms with Crippen LogP contribution in [0.2, 0.25) is 0 Å². The fourth-order valence-electron chi connectivity index (χ4n) is 4.20. The van der Waals surface area contributed by atoms with Gasteiger partial charge in [-0.2, -0.15) is 0 Å². The van der Waals surface area contributed by atoms with Gasteiger partial charge >= 0.3 is 0 Å². The van der Waals surface area contributed by atoms with Gasteiger partial charge in [0, 0.05) is 38.1 Å². The molecule has 9 heteroatoms. The van der Waals surface area contributed by atoms with Crippen molar-refractivity contribution in [1.29, 1.82) is 0 Å². The van der Waals surface area contributed by atoms with Crippen LogP contribution in [-0.4, -0.2) is 53.8 Å². The number of nitrogens with one attached hydrogen (secondary N) is 3. The molecule has 0 radical (unpaired) electrons. The Morgan fingerprint density at radius 3 is 2.77 bits per heavy atom. The third-order valence-electron chi connectivity index (χ3n) is 5.81. The number of piperazine rings is 1. The van der Waals surface area contributed by atoms with Gasteiger partial charge in [-0.1, -0.05) is 18.2 Å². The molecule has 0 unspecified atom stereocenters. The number of hydrogen-bond acceptors (Lipinski definition) is 5. The van der Waals surface area contributed by atoms with Gasteiger partial charge in [-0.05, 0) is 42.0 Å². The number of rotatable bonds is 7. The van der Waals surface area contributed by atoms with Crippen molar-refractivity contribution in [2.45, 2.75) is 43.9 Å². The van der Waals surface area contributed by atoms with Gasteiger partial charge in [0.15, 0.2) is 0 Å². The Morgan fingerprint density at radius 2 is 2.03 bits per heavy atom. The molecule has 2 aromatic rings. The topological polar surface area (TPSA) is 90.5 Å². The molecular formula is C22H25FN4O3S. The van der Waals surface area contributed by atoms with Crippen LogP contribution in [0.5, 0.6) is 0 Å². The number of carbonyl (C=O) groups excluding carboxylic acids is 3. The number of fused-ring (bicyclic) bond motifs is 1. The number of hydrogen-bond donors (Lipinski definition) is 3. The lowest BCUT2D eigenvalue weighted by molar-refractivity contribution is -0.129. The summed E-state index contributed by atoms with van der Waals surface area (Å²) in [6, 6.07) is 9.30. The summed E-state index contributed by atoms with van der Waals surface area (Å²) in [5.74, 6) is -0.527. The highest BCUT2D eigenvalue weighted by molar-refractivity contribution is 7.12. The molecular weight excluding hydrogens is 419 g/mol. The van der Waals surface area contributed by atoms with Crippen molar-refractivity contribution in [3.8, 4) is 0 Å². The van der Waals surface area contributed by atoms with E-state index in [0.29, 0.717) is 43.8 Å². The van der Waals surface area contributed by atoms with E-state index in [1.807, 2.05) is 11.4 Å². The minimum atomic E-state index is -0.306. The molecule has 7 nitrogen and oxygen atoms in total. The average molecular weight is 445 g/mol. The zero-order valence-electron chi connectivity index (χ0n) is 17.0. The molecule has 0 aliphatic carbocycles. The van der Waals surface area contributed by atoms with Crippen LogP contribution in [0.15, 0.2) is 41.8 Å². The Hall–Kier alpha value is -2.78. The first-order valence-electron chi connectivity index (χ1n) is 10.4. The van der Waals surface area contributed by atoms with Crippen LogP contribution >= 0.6 is 11.3 Å². The summed E-state index contributed by atoms with van der Waals surface area (Å²) in [7, 11) is 0. The minimum absolute atomic E-state index is 0.0233. The minimum Gasteiger partial charge on any atom is -0.353 e. The molecule has 2 saturated heterocycles. The van der Waals surface area contributed by atoms with Crippen LogP contribution in [0.4, 0.5) is 4.39 Å². The number of nitrogens with zero attached hydrogens (tertiary/aromatic N) is 1. The largest absolute Gasteiger partial charge is 0.353 e. The zero-order chi connectivity index (χ0) is 21.8. The van der Waals surface area contributed by atoms with Gasteiger partial charge in [0.05, 0.1) is 10.9 Å². The molecule has 31 heavy (non-hydrogen) atoms. The number of amides is 3. The summed E-state index contributed by atoms with van der Waals surface area (Å²) in [5.41, 5.74) is 0.837. The molecule has 1 aromatic carbocycles. The Kier molecular flexibility index (Phi) is 6.62. The van der Waals surface area contributed by atoms with E-state index in [9.17, 15) is 18.8 Å². The lowest BCUT2D eigenvalue weighted by Crippen LogP contribution is -2.58. The summed E-state index contributed by atoms with van der Waals surface area (Å²) in [6.45, 7) is 1.44. The standard InChI is InChI=1S/C22H25FN4O3S/c23-15-5-3-14(4-6-15)11-24-20(28)8-7-17-12-25-21(29)18-10-16(13-27(17)18)26-22(30)19-2-1-9-31-19/h1-6,9,16-18H,7-8,10-13H2,(H,24,28)(H,25,29)(H,26,30)/t16-,17-,18+/m1/s1. The summed E-state index contributed by atoms with van der Waals surface area (Å²) in [6.07, 6.45) is 1.50. The van der Waals surface area contributed by atoms with Gasteiger partial charge < -0.3 is 16.0 Å². The first-order valence-corrected chi connectivity index (χ1v) is 11.3. The Balaban J connectivity index is 1.27. The van der Waals surface area contributed by atoms with Gasteiger partial charge in [0.1, 0.15) is 5.82 Å². The second-order valence-electron chi connectivity index (χ2n) is 7.94. The number of thiophene rings is 1. The van der Waals surface area contributed by atoms with Crippen LogP contribution in [0, 0.1) is 5.82 Å². The monoisotopic (exact) mass is 444 g/mol. The number of carbonyl (C=O) groups is 3. The molecule has 2 aliphatic heterocycles. The smallest absolute Gasteiger partial charge is 0.261 e. The maximum atomic E-state index is 13.0. The van der Waals surface area contributed by atoms with E-state index in [-0.39, 0.29) is 41.7 Å². The van der Waals surface area contributed by atoms with Crippen molar-refractivity contribution in [3.63, 3.8) is 0 Å². The Labute approximate surface area is 184 Å². The van der Waals surface area contributed by atoms with Crippen molar-refractivity contribution >= 4 is 29.1 Å². The van der Waals surface area contributed by atoms with E-state index < -0.39 is 0 Å². The van der Waals surface area contributed by atoms with Crippen molar-refractivity contribution in [2.24, 2.45) is 0 Å². The van der Waals surface area contributed by atoms with E-state index in [1.165, 1.54) is 23.5 Å². The first kappa shape index (κ1) is 21.5. The van der Waals surface area contributed by atoms with E-state index >= 15 is 0 Å². The molecule has 0 spiro atoms. The number of halogens is 1. The molecule has 0 bridgehead atoms. The average Bonchev–Trinajstić information content (AvgIpc) is 3.43. The second kappa shape index (κ2) is 9.57. The van der Waals surface area contributed by atoms with Crippen molar-refractivity contribution in [2.75, 3.05) is 13.1 Å². The lowest BCUT2D eigenvalue weighted by Gasteiger charge is -2.37. The van der Waals surface area contributed by atoms with E-state index in [0.717, 1.165) is 5.56 Å². The zero-order valence-corrected chi connectivity index (χ0v) is 17.8. The van der Waals surface area contributed by atoms with Crippen LogP contribution < -0.4 is 16.0 Å². The van der Waals surface area contributed by atoms with E-state index in [1.54, 1.807) is 18.2 Å². The highest BCUT2D eigenvalue weighted by Gasteiger charge is 2.43. The van der Waals surface area contributed by atoms with Gasteiger partial charge in [0.25, 0.3) is 5.91 Å². The second-order valence-corrected chi connectivity index (χ2v) is 8.88. The van der Waals surface area contributed by atoms with Crippen molar-refractivity contribution in [3.05, 3.63) is 58.0 Å². The lowest BCUT2D eigenvalue weighted by atomic mass is 10.0. The summed E-state index contributed by atoms with van der Waals surface area (Å²) in [5, 5.41) is 10.7. The summed E-state index contributed by atoms with van der Waals surface area (Å²) < 4.78 is 13.0. The number of benzene rings is 1. The maximum absolute atomic E-state index is 13.0. The van der Waals surface area contributed by atoms with Crippen LogP contribution in [0.1, 0.15) is 34.5 Å². The molecule has 4 rings (SSSR count). The van der Waals surface area contributed by atoms with E-state index in [4.69, 9.17) is 0 Å². The Bertz CT molecular complexity index is 935. The molecule has 3 atom stereocenters. The predicted molar refractivity (Wildman–Crippen MR) is 115 cm³/mol. The highest BCUT2D eigenvalue weighted by atomic mass is 32.1. The van der Waals surface area contributed by atoms with Gasteiger partial charge in [0.2, 0.25) is 11.8 Å². The molecule has 2 aliphatic rings. The highest BCUT2D eigenvalue weighted by Crippen LogP contribution is 2.26. The van der Waals surface area contributed by atoms with Gasteiger partial charge in [-0.15, -0.1) is 11.3 Å². The predicted octanol–water partition coefficient (Wildman–Crippen LogP) is 1.65. The maximum Gasteiger partial charge on any atom is 0.261 e. The summed E-state index contributed by atoms with van der Waals surface area (Å²) >= 11 is 1.39. The fourth-order valence-corrected chi connectivity index (χ4v) is 4.83. The molecule has 2 fully saturated rings. The van der Waals surface area contributed by atoms with Crippen LogP contribution in [0.25, 0.3) is 0 Å². The summed E-state index contributed by atoms with van der Waals surface area (Å²) in [4.78, 5) is 39.7. The molecule has 0 saturated carbocycles. The Morgan fingerprint density at radius 1 is 1.23 bits per heavy atom. The molecule has 3 heterocycles. The van der Waals surface area contributed by atoms with E-state index in [2.05, 4.69) is 20.9 Å². The van der Waals surface area contributed by atoms with Crippen molar-refractivity contribution < 1.29 is 18.8 Å². The molecule has 164 valence electrons. The molecule has 3 N–H and O–H groups in total. The third kappa shape index (κ3) is 5.29. The van der Waals surface area contributed by atoms with Crippen LogP contribution in [0.3, 0.4) is 0 Å². The molecule has 1 aromatic heterocycles. The SMILES string of the molecule is O=C(CC[C@@H]1CNC(=O)[C@@H]2C[C@@H](NC(=O)c3cccs3)CN12)NCc1ccc(F)cc1. The van der Waals surface area contributed by atoms with Crippen LogP contribution in [-0.2, 0) is 16.1 Å². The fraction of sp³-hybridized carbons (Fsp3) is 0.409. The van der Waals surface area contributed by atoms with Gasteiger partial charge in [-0.3, -0.25) is 19.3 Å². The normalized spacial score (nSPS) is 23.1. The first-order chi connectivity index (χ1) is 15.0. The quantitative estimate of drug-likeness (QED) is 0.606. The van der Waals surface area contributed by atoms with Gasteiger partial charge in [-0.25, -0.2) is 4.39 Å². The third-order valence-corrected chi connectivity index (χ3v) is 6.68. The van der Waals surface area contributed by atoms with Crippen molar-refractivity contribution in [1.82, 2.24) is 20.9 Å².